The molecule has 1 aromatic carbocycles. The van der Waals surface area contributed by atoms with Gasteiger partial charge >= 0.3 is 5.97 Å². The molecule has 3 rings (SSSR count). The van der Waals surface area contributed by atoms with Gasteiger partial charge in [0, 0.05) is 17.9 Å². The van der Waals surface area contributed by atoms with Gasteiger partial charge in [0.1, 0.15) is 17.9 Å². The Bertz CT molecular complexity index is 745. The number of carbonyl (C=O) groups is 3. The van der Waals surface area contributed by atoms with Crippen molar-refractivity contribution in [2.24, 2.45) is 23.7 Å². The summed E-state index contributed by atoms with van der Waals surface area (Å²) >= 11 is 0. The smallest absolute Gasteiger partial charge is 0.329 e. The Kier molecular flexibility index (Phi) is 7.68. The summed E-state index contributed by atoms with van der Waals surface area (Å²) in [6, 6.07) is 7.89. The standard InChI is InChI=1S/C25H35NO4/c1-16(2)19-14-13-17(3)15-22(19)30-25(29)23(20-11-7-8-12-21(20)27)26-24(28)18-9-5-4-6-10-18/h4-6,9-10,16-17,19-20,22-23H,7-8,11-15H2,1-3H3,(H,26,28)/t17-,19+,20+,22-,23+/m0/s1. The molecular weight excluding hydrogens is 378 g/mol. The first-order chi connectivity index (χ1) is 14.4. The fourth-order valence-corrected chi connectivity index (χ4v) is 4.97. The van der Waals surface area contributed by atoms with Crippen LogP contribution in [0.2, 0.25) is 0 Å². The van der Waals surface area contributed by atoms with Gasteiger partial charge in [-0.1, -0.05) is 51.8 Å². The van der Waals surface area contributed by atoms with Gasteiger partial charge in [0.2, 0.25) is 0 Å². The molecule has 5 nitrogen and oxygen atoms in total. The first-order valence-electron chi connectivity index (χ1n) is 11.5. The quantitative estimate of drug-likeness (QED) is 0.695. The fraction of sp³-hybridized carbons (Fsp3) is 0.640. The van der Waals surface area contributed by atoms with Gasteiger partial charge in [0.15, 0.2) is 0 Å². The Morgan fingerprint density at radius 1 is 1.07 bits per heavy atom. The summed E-state index contributed by atoms with van der Waals surface area (Å²) in [5, 5.41) is 2.84. The lowest BCUT2D eigenvalue weighted by Crippen LogP contribution is -2.51. The molecule has 164 valence electrons. The van der Waals surface area contributed by atoms with Crippen LogP contribution in [0.1, 0.15) is 76.1 Å². The number of benzene rings is 1. The Labute approximate surface area is 180 Å². The minimum Gasteiger partial charge on any atom is -0.461 e. The second-order valence-electron chi connectivity index (χ2n) is 9.44. The van der Waals surface area contributed by atoms with Crippen molar-refractivity contribution in [1.29, 1.82) is 0 Å². The fourth-order valence-electron chi connectivity index (χ4n) is 4.97. The Morgan fingerprint density at radius 3 is 2.47 bits per heavy atom. The number of Topliss-reactive ketones (excluding diaryl/α,β-unsaturated/α-hetero) is 1. The summed E-state index contributed by atoms with van der Waals surface area (Å²) < 4.78 is 6.03. The highest BCUT2D eigenvalue weighted by molar-refractivity contribution is 5.98. The maximum atomic E-state index is 13.3. The third kappa shape index (κ3) is 5.50. The highest BCUT2D eigenvalue weighted by atomic mass is 16.5. The number of hydrogen-bond acceptors (Lipinski definition) is 4. The molecule has 0 aromatic heterocycles. The van der Waals surface area contributed by atoms with E-state index in [0.29, 0.717) is 36.2 Å². The molecule has 5 atom stereocenters. The van der Waals surface area contributed by atoms with Crippen molar-refractivity contribution >= 4 is 17.7 Å². The van der Waals surface area contributed by atoms with Crippen molar-refractivity contribution < 1.29 is 19.1 Å². The van der Waals surface area contributed by atoms with Crippen LogP contribution < -0.4 is 5.32 Å². The van der Waals surface area contributed by atoms with Gasteiger partial charge in [0.25, 0.3) is 5.91 Å². The molecule has 5 heteroatoms. The third-order valence-electron chi connectivity index (χ3n) is 6.81. The van der Waals surface area contributed by atoms with E-state index in [-0.39, 0.29) is 17.8 Å². The van der Waals surface area contributed by atoms with Crippen molar-refractivity contribution in [2.75, 3.05) is 0 Å². The minimum atomic E-state index is -0.921. The Hall–Kier alpha value is -2.17. The summed E-state index contributed by atoms with van der Waals surface area (Å²) in [6.45, 7) is 6.53. The van der Waals surface area contributed by atoms with E-state index in [2.05, 4.69) is 26.1 Å². The van der Waals surface area contributed by atoms with Gasteiger partial charge < -0.3 is 10.1 Å². The lowest BCUT2D eigenvalue weighted by atomic mass is 9.75. The predicted octanol–water partition coefficient (Wildman–Crippen LogP) is 4.55. The van der Waals surface area contributed by atoms with Gasteiger partial charge in [-0.2, -0.15) is 0 Å². The third-order valence-corrected chi connectivity index (χ3v) is 6.81. The monoisotopic (exact) mass is 413 g/mol. The Morgan fingerprint density at radius 2 is 1.80 bits per heavy atom. The largest absolute Gasteiger partial charge is 0.461 e. The van der Waals surface area contributed by atoms with Crippen LogP contribution in [0, 0.1) is 23.7 Å². The number of ketones is 1. The number of carbonyl (C=O) groups excluding carboxylic acids is 3. The van der Waals surface area contributed by atoms with E-state index in [1.807, 2.05) is 6.07 Å². The van der Waals surface area contributed by atoms with Crippen molar-refractivity contribution in [1.82, 2.24) is 5.32 Å². The lowest BCUT2D eigenvalue weighted by Gasteiger charge is -2.38. The van der Waals surface area contributed by atoms with Gasteiger partial charge in [-0.3, -0.25) is 9.59 Å². The molecule has 2 saturated carbocycles. The maximum Gasteiger partial charge on any atom is 0.329 e. The normalized spacial score (nSPS) is 28.1. The van der Waals surface area contributed by atoms with Crippen LogP contribution in [0.15, 0.2) is 30.3 Å². The van der Waals surface area contributed by atoms with E-state index in [4.69, 9.17) is 4.74 Å². The molecule has 0 aliphatic heterocycles. The van der Waals surface area contributed by atoms with E-state index in [1.165, 1.54) is 0 Å². The van der Waals surface area contributed by atoms with Crippen LogP contribution in [0.5, 0.6) is 0 Å². The molecule has 2 aliphatic carbocycles. The molecule has 0 bridgehead atoms. The average molecular weight is 414 g/mol. The zero-order valence-electron chi connectivity index (χ0n) is 18.4. The summed E-state index contributed by atoms with van der Waals surface area (Å²) in [5.74, 6) is -0.00263. The van der Waals surface area contributed by atoms with Crippen molar-refractivity contribution in [3.8, 4) is 0 Å². The molecule has 2 fully saturated rings. The molecule has 0 spiro atoms. The second-order valence-corrected chi connectivity index (χ2v) is 9.44. The molecule has 0 heterocycles. The molecule has 2 aliphatic rings. The molecule has 0 saturated heterocycles. The molecule has 0 radical (unpaired) electrons. The van der Waals surface area contributed by atoms with Gasteiger partial charge in [-0.15, -0.1) is 0 Å². The van der Waals surface area contributed by atoms with E-state index in [0.717, 1.165) is 32.1 Å². The van der Waals surface area contributed by atoms with Crippen LogP contribution in [-0.4, -0.2) is 29.8 Å². The summed E-state index contributed by atoms with van der Waals surface area (Å²) in [5.41, 5.74) is 0.477. The number of esters is 1. The molecule has 1 aromatic rings. The van der Waals surface area contributed by atoms with E-state index in [9.17, 15) is 14.4 Å². The molecule has 0 unspecified atom stereocenters. The number of rotatable bonds is 6. The lowest BCUT2D eigenvalue weighted by molar-refractivity contribution is -0.161. The van der Waals surface area contributed by atoms with Crippen LogP contribution >= 0.6 is 0 Å². The van der Waals surface area contributed by atoms with Crippen LogP contribution in [0.25, 0.3) is 0 Å². The maximum absolute atomic E-state index is 13.3. The molecule has 30 heavy (non-hydrogen) atoms. The van der Waals surface area contributed by atoms with Crippen LogP contribution in [0.3, 0.4) is 0 Å². The topological polar surface area (TPSA) is 72.5 Å². The molecular formula is C25H35NO4. The highest BCUT2D eigenvalue weighted by Crippen LogP contribution is 2.36. The Balaban J connectivity index is 1.78. The summed E-state index contributed by atoms with van der Waals surface area (Å²) in [7, 11) is 0. The van der Waals surface area contributed by atoms with Gasteiger partial charge in [-0.25, -0.2) is 4.79 Å². The zero-order valence-corrected chi connectivity index (χ0v) is 18.4. The second kappa shape index (κ2) is 10.2. The summed E-state index contributed by atoms with van der Waals surface area (Å²) in [6.07, 6.45) is 5.68. The van der Waals surface area contributed by atoms with E-state index < -0.39 is 17.9 Å². The zero-order chi connectivity index (χ0) is 21.7. The van der Waals surface area contributed by atoms with Crippen LogP contribution in [0.4, 0.5) is 0 Å². The molecule has 1 amide bonds. The first kappa shape index (κ1) is 22.5. The summed E-state index contributed by atoms with van der Waals surface area (Å²) in [4.78, 5) is 38.7. The van der Waals surface area contributed by atoms with E-state index in [1.54, 1.807) is 24.3 Å². The molecule has 1 N–H and O–H groups in total. The number of amides is 1. The van der Waals surface area contributed by atoms with Gasteiger partial charge in [0.05, 0.1) is 0 Å². The minimum absolute atomic E-state index is 0.0500. The number of hydrogen-bond donors (Lipinski definition) is 1. The SMILES string of the molecule is CC(C)[C@H]1CC[C@H](C)C[C@@H]1OC(=O)[C@H](NC(=O)c1ccccc1)[C@@H]1CCCCC1=O. The van der Waals surface area contributed by atoms with Crippen molar-refractivity contribution in [3.05, 3.63) is 35.9 Å². The number of nitrogens with one attached hydrogen (secondary N) is 1. The number of ether oxygens (including phenoxy) is 1. The van der Waals surface area contributed by atoms with Gasteiger partial charge in [-0.05, 0) is 55.6 Å². The average Bonchev–Trinajstić information content (AvgIpc) is 2.73. The van der Waals surface area contributed by atoms with E-state index >= 15 is 0 Å². The highest BCUT2D eigenvalue weighted by Gasteiger charge is 2.40. The first-order valence-corrected chi connectivity index (χ1v) is 11.5. The van der Waals surface area contributed by atoms with Crippen LogP contribution in [-0.2, 0) is 14.3 Å². The predicted molar refractivity (Wildman–Crippen MR) is 116 cm³/mol. The van der Waals surface area contributed by atoms with Crippen molar-refractivity contribution in [3.63, 3.8) is 0 Å². The van der Waals surface area contributed by atoms with Crippen molar-refractivity contribution in [2.45, 2.75) is 77.9 Å².